The van der Waals surface area contributed by atoms with Crippen molar-refractivity contribution in [1.82, 2.24) is 4.98 Å². The van der Waals surface area contributed by atoms with Crippen molar-refractivity contribution in [3.63, 3.8) is 0 Å². The summed E-state index contributed by atoms with van der Waals surface area (Å²) in [7, 11) is 0. The molecule has 0 aliphatic heterocycles. The molecule has 0 radical (unpaired) electrons. The molecule has 28 heavy (non-hydrogen) atoms. The smallest absolute Gasteiger partial charge is 0.226 e. The molecule has 2 amide bonds. The van der Waals surface area contributed by atoms with E-state index in [1.54, 1.807) is 0 Å². The third-order valence-electron chi connectivity index (χ3n) is 4.61. The third kappa shape index (κ3) is 5.16. The van der Waals surface area contributed by atoms with E-state index in [0.717, 1.165) is 33.5 Å². The number of nitrogens with one attached hydrogen (secondary N) is 2. The molecule has 146 valence electrons. The SMILES string of the molecule is CCCC(=O)Nc1nc2ccc(CCC(=O)Nc3ccc(C)c(C)c3)cc2s1. The maximum atomic E-state index is 12.3. The summed E-state index contributed by atoms with van der Waals surface area (Å²) in [5.41, 5.74) is 5.15. The van der Waals surface area contributed by atoms with E-state index in [1.807, 2.05) is 50.2 Å². The van der Waals surface area contributed by atoms with Crippen molar-refractivity contribution >= 4 is 44.2 Å². The van der Waals surface area contributed by atoms with Gasteiger partial charge in [0, 0.05) is 18.5 Å². The van der Waals surface area contributed by atoms with E-state index >= 15 is 0 Å². The summed E-state index contributed by atoms with van der Waals surface area (Å²) in [5, 5.41) is 6.42. The van der Waals surface area contributed by atoms with Crippen LogP contribution < -0.4 is 10.6 Å². The summed E-state index contributed by atoms with van der Waals surface area (Å²) in [6.45, 7) is 6.06. The van der Waals surface area contributed by atoms with E-state index in [2.05, 4.69) is 22.5 Å². The lowest BCUT2D eigenvalue weighted by atomic mass is 10.1. The van der Waals surface area contributed by atoms with Crippen LogP contribution in [0, 0.1) is 13.8 Å². The fraction of sp³-hybridized carbons (Fsp3) is 0.318. The summed E-state index contributed by atoms with van der Waals surface area (Å²) in [6, 6.07) is 11.9. The van der Waals surface area contributed by atoms with Gasteiger partial charge in [-0.25, -0.2) is 4.98 Å². The Morgan fingerprint density at radius 1 is 0.964 bits per heavy atom. The van der Waals surface area contributed by atoms with Gasteiger partial charge in [-0.15, -0.1) is 0 Å². The van der Waals surface area contributed by atoms with E-state index in [0.29, 0.717) is 24.4 Å². The summed E-state index contributed by atoms with van der Waals surface area (Å²) < 4.78 is 1.01. The lowest BCUT2D eigenvalue weighted by Crippen LogP contribution is -2.12. The highest BCUT2D eigenvalue weighted by atomic mass is 32.1. The van der Waals surface area contributed by atoms with Gasteiger partial charge in [-0.05, 0) is 67.6 Å². The van der Waals surface area contributed by atoms with Crippen molar-refractivity contribution in [3.8, 4) is 0 Å². The molecule has 0 spiro atoms. The minimum atomic E-state index is -0.00945. The van der Waals surface area contributed by atoms with Gasteiger partial charge >= 0.3 is 0 Å². The predicted octanol–water partition coefficient (Wildman–Crippen LogP) is 5.22. The van der Waals surface area contributed by atoms with Crippen LogP contribution in [-0.2, 0) is 16.0 Å². The van der Waals surface area contributed by atoms with Gasteiger partial charge in [0.05, 0.1) is 10.2 Å². The van der Waals surface area contributed by atoms with Crippen LogP contribution in [0.2, 0.25) is 0 Å². The Bertz CT molecular complexity index is 1010. The Labute approximate surface area is 169 Å². The highest BCUT2D eigenvalue weighted by Crippen LogP contribution is 2.27. The summed E-state index contributed by atoms with van der Waals surface area (Å²) in [4.78, 5) is 28.4. The molecule has 0 bridgehead atoms. The molecule has 5 nitrogen and oxygen atoms in total. The van der Waals surface area contributed by atoms with Crippen molar-refractivity contribution in [2.45, 2.75) is 46.5 Å². The van der Waals surface area contributed by atoms with Gasteiger partial charge in [0.1, 0.15) is 0 Å². The summed E-state index contributed by atoms with van der Waals surface area (Å²) in [6.07, 6.45) is 2.38. The minimum absolute atomic E-state index is 0.000160. The number of aromatic nitrogens is 1. The molecular formula is C22H25N3O2S. The summed E-state index contributed by atoms with van der Waals surface area (Å²) >= 11 is 1.46. The van der Waals surface area contributed by atoms with Gasteiger partial charge in [-0.3, -0.25) is 9.59 Å². The lowest BCUT2D eigenvalue weighted by Gasteiger charge is -2.08. The number of carbonyl (C=O) groups excluding carboxylic acids is 2. The quantitative estimate of drug-likeness (QED) is 0.576. The number of rotatable bonds is 7. The van der Waals surface area contributed by atoms with Gasteiger partial charge in [0.15, 0.2) is 5.13 Å². The number of hydrogen-bond donors (Lipinski definition) is 2. The molecule has 3 rings (SSSR count). The molecule has 2 aromatic carbocycles. The number of amides is 2. The van der Waals surface area contributed by atoms with Crippen molar-refractivity contribution in [2.75, 3.05) is 10.6 Å². The van der Waals surface area contributed by atoms with E-state index in [1.165, 1.54) is 16.9 Å². The van der Waals surface area contributed by atoms with Crippen molar-refractivity contribution < 1.29 is 9.59 Å². The van der Waals surface area contributed by atoms with Crippen LogP contribution in [0.3, 0.4) is 0 Å². The minimum Gasteiger partial charge on any atom is -0.326 e. The third-order valence-corrected chi connectivity index (χ3v) is 5.54. The number of carbonyl (C=O) groups is 2. The van der Waals surface area contributed by atoms with E-state index in [4.69, 9.17) is 0 Å². The topological polar surface area (TPSA) is 71.1 Å². The average molecular weight is 396 g/mol. The zero-order chi connectivity index (χ0) is 20.1. The summed E-state index contributed by atoms with van der Waals surface area (Å²) in [5.74, 6) is -0.00929. The largest absolute Gasteiger partial charge is 0.326 e. The molecule has 0 saturated heterocycles. The molecule has 0 aliphatic carbocycles. The van der Waals surface area contributed by atoms with Crippen molar-refractivity contribution in [2.24, 2.45) is 0 Å². The molecule has 3 aromatic rings. The normalized spacial score (nSPS) is 10.8. The molecule has 2 N–H and O–H groups in total. The molecule has 0 atom stereocenters. The monoisotopic (exact) mass is 395 g/mol. The standard InChI is InChI=1S/C22H25N3O2S/c1-4-5-20(26)25-22-24-18-10-7-16(13-19(18)28-22)8-11-21(27)23-17-9-6-14(2)15(3)12-17/h6-7,9-10,12-13H,4-5,8,11H2,1-3H3,(H,23,27)(H,24,25,26). The van der Waals surface area contributed by atoms with Gasteiger partial charge < -0.3 is 10.6 Å². The van der Waals surface area contributed by atoms with Crippen molar-refractivity contribution in [3.05, 3.63) is 53.1 Å². The highest BCUT2D eigenvalue weighted by molar-refractivity contribution is 7.22. The number of benzene rings is 2. The fourth-order valence-corrected chi connectivity index (χ4v) is 3.83. The Kier molecular flexibility index (Phi) is 6.41. The fourth-order valence-electron chi connectivity index (χ4n) is 2.89. The first-order chi connectivity index (χ1) is 13.4. The average Bonchev–Trinajstić information content (AvgIpc) is 3.04. The first kappa shape index (κ1) is 20.0. The molecule has 0 aliphatic rings. The predicted molar refractivity (Wildman–Crippen MR) is 116 cm³/mol. The van der Waals surface area contributed by atoms with Crippen LogP contribution >= 0.6 is 11.3 Å². The maximum absolute atomic E-state index is 12.3. The second kappa shape index (κ2) is 8.97. The van der Waals surface area contributed by atoms with E-state index < -0.39 is 0 Å². The van der Waals surface area contributed by atoms with Gasteiger partial charge in [-0.1, -0.05) is 30.4 Å². The van der Waals surface area contributed by atoms with Crippen LogP contribution in [0.4, 0.5) is 10.8 Å². The molecule has 0 unspecified atom stereocenters. The highest BCUT2D eigenvalue weighted by Gasteiger charge is 2.09. The van der Waals surface area contributed by atoms with Crippen LogP contribution in [-0.4, -0.2) is 16.8 Å². The molecule has 0 fully saturated rings. The van der Waals surface area contributed by atoms with Crippen LogP contribution in [0.15, 0.2) is 36.4 Å². The number of aryl methyl sites for hydroxylation is 3. The first-order valence-corrected chi connectivity index (χ1v) is 10.3. The second-order valence-corrected chi connectivity index (χ2v) is 8.00. The Balaban J connectivity index is 1.59. The first-order valence-electron chi connectivity index (χ1n) is 9.51. The van der Waals surface area contributed by atoms with Gasteiger partial charge in [0.2, 0.25) is 11.8 Å². The van der Waals surface area contributed by atoms with Gasteiger partial charge in [0.25, 0.3) is 0 Å². The number of thiazole rings is 1. The Morgan fingerprint density at radius 2 is 1.75 bits per heavy atom. The van der Waals surface area contributed by atoms with Crippen LogP contribution in [0.25, 0.3) is 10.2 Å². The van der Waals surface area contributed by atoms with E-state index in [9.17, 15) is 9.59 Å². The molecule has 0 saturated carbocycles. The number of anilines is 2. The number of hydrogen-bond acceptors (Lipinski definition) is 4. The zero-order valence-corrected chi connectivity index (χ0v) is 17.3. The van der Waals surface area contributed by atoms with Gasteiger partial charge in [-0.2, -0.15) is 0 Å². The molecule has 1 aromatic heterocycles. The maximum Gasteiger partial charge on any atom is 0.226 e. The number of fused-ring (bicyclic) bond motifs is 1. The zero-order valence-electron chi connectivity index (χ0n) is 16.5. The lowest BCUT2D eigenvalue weighted by molar-refractivity contribution is -0.117. The molecule has 1 heterocycles. The Hall–Kier alpha value is -2.73. The molecule has 6 heteroatoms. The van der Waals surface area contributed by atoms with E-state index in [-0.39, 0.29) is 11.8 Å². The Morgan fingerprint density at radius 3 is 2.50 bits per heavy atom. The van der Waals surface area contributed by atoms with Crippen LogP contribution in [0.1, 0.15) is 42.9 Å². The van der Waals surface area contributed by atoms with Crippen molar-refractivity contribution in [1.29, 1.82) is 0 Å². The molecular weight excluding hydrogens is 370 g/mol. The number of nitrogens with zero attached hydrogens (tertiary/aromatic N) is 1. The second-order valence-electron chi connectivity index (χ2n) is 6.97. The van der Waals surface area contributed by atoms with Crippen LogP contribution in [0.5, 0.6) is 0 Å².